The van der Waals surface area contributed by atoms with Crippen molar-refractivity contribution in [3.8, 4) is 0 Å². The molecule has 5 rings (SSSR count). The highest BCUT2D eigenvalue weighted by Crippen LogP contribution is 2.35. The van der Waals surface area contributed by atoms with Crippen molar-refractivity contribution in [1.82, 2.24) is 9.97 Å². The summed E-state index contributed by atoms with van der Waals surface area (Å²) in [4.78, 5) is 54.5. The van der Waals surface area contributed by atoms with Gasteiger partial charge in [0, 0.05) is 23.1 Å². The lowest BCUT2D eigenvalue weighted by molar-refractivity contribution is -0.384. The minimum atomic E-state index is -0.658. The molecule has 2 N–H and O–H groups in total. The van der Waals surface area contributed by atoms with Gasteiger partial charge in [-0.15, -0.1) is 0 Å². The topological polar surface area (TPSA) is 129 Å². The summed E-state index contributed by atoms with van der Waals surface area (Å²) in [6.07, 6.45) is 0. The lowest BCUT2D eigenvalue weighted by Crippen LogP contribution is -2.40. The normalized spacial score (nSPS) is 13.5. The first-order chi connectivity index (χ1) is 13.4. The van der Waals surface area contributed by atoms with Gasteiger partial charge in [0.05, 0.1) is 27.2 Å². The number of nitro benzene ring substituents is 1. The summed E-state index contributed by atoms with van der Waals surface area (Å²) in [6, 6.07) is 12.0. The third-order valence-corrected chi connectivity index (χ3v) is 4.80. The summed E-state index contributed by atoms with van der Waals surface area (Å²) >= 11 is 0. The van der Waals surface area contributed by atoms with E-state index in [9.17, 15) is 24.5 Å². The molecule has 4 aromatic rings. The van der Waals surface area contributed by atoms with E-state index >= 15 is 0 Å². The molecule has 3 aromatic carbocycles. The first kappa shape index (κ1) is 15.9. The number of hydrogen-bond donors (Lipinski definition) is 2. The Kier molecular flexibility index (Phi) is 3.05. The summed E-state index contributed by atoms with van der Waals surface area (Å²) in [6.45, 7) is 0. The highest BCUT2D eigenvalue weighted by atomic mass is 16.6. The fraction of sp³-hybridized carbons (Fsp3) is 0. The lowest BCUT2D eigenvalue weighted by atomic mass is 9.93. The number of H-pyrrole nitrogens is 2. The SMILES string of the molecule is O=C1c2cccc3cc([N+](=O)[O-])cc(c23)C(=O)N1c1ccc2[nH]c(=O)[nH]c2c1. The average Bonchev–Trinajstić information content (AvgIpc) is 3.05. The van der Waals surface area contributed by atoms with Gasteiger partial charge in [0.25, 0.3) is 17.5 Å². The van der Waals surface area contributed by atoms with Gasteiger partial charge in [0.1, 0.15) is 0 Å². The Bertz CT molecular complexity index is 1420. The standard InChI is InChI=1S/C19H10N4O5/c24-17-12-3-1-2-9-6-11(23(27)28)7-13(16(9)12)18(25)22(17)10-4-5-14-15(8-10)21-19(26)20-14/h1-8H,(H2,20,21,26). The predicted octanol–water partition coefficient (Wildman–Crippen LogP) is 2.72. The molecule has 0 saturated carbocycles. The predicted molar refractivity (Wildman–Crippen MR) is 101 cm³/mol. The van der Waals surface area contributed by atoms with Gasteiger partial charge in [-0.1, -0.05) is 12.1 Å². The zero-order valence-electron chi connectivity index (χ0n) is 14.1. The van der Waals surface area contributed by atoms with Crippen molar-refractivity contribution in [3.63, 3.8) is 0 Å². The molecule has 0 saturated heterocycles. The first-order valence-electron chi connectivity index (χ1n) is 8.26. The van der Waals surface area contributed by atoms with Crippen LogP contribution in [0.15, 0.2) is 53.3 Å². The monoisotopic (exact) mass is 374 g/mol. The zero-order chi connectivity index (χ0) is 19.6. The van der Waals surface area contributed by atoms with Gasteiger partial charge in [-0.05, 0) is 29.7 Å². The summed E-state index contributed by atoms with van der Waals surface area (Å²) < 4.78 is 0. The van der Waals surface area contributed by atoms with Crippen LogP contribution in [0.1, 0.15) is 20.7 Å². The van der Waals surface area contributed by atoms with E-state index in [2.05, 4.69) is 9.97 Å². The van der Waals surface area contributed by atoms with Crippen LogP contribution in [0.4, 0.5) is 11.4 Å². The molecule has 1 aliphatic heterocycles. The maximum absolute atomic E-state index is 13.1. The molecule has 9 nitrogen and oxygen atoms in total. The molecule has 0 aliphatic carbocycles. The number of benzene rings is 3. The average molecular weight is 374 g/mol. The number of nitro groups is 1. The molecule has 0 atom stereocenters. The number of aromatic nitrogens is 2. The summed E-state index contributed by atoms with van der Waals surface area (Å²) in [5.41, 5.74) is 0.954. The van der Waals surface area contributed by atoms with Crippen molar-refractivity contribution in [2.45, 2.75) is 0 Å². The van der Waals surface area contributed by atoms with E-state index in [-0.39, 0.29) is 22.5 Å². The number of nitrogens with zero attached hydrogens (tertiary/aromatic N) is 2. The van der Waals surface area contributed by atoms with Crippen molar-refractivity contribution in [2.24, 2.45) is 0 Å². The molecule has 136 valence electrons. The number of fused-ring (bicyclic) bond motifs is 1. The Balaban J connectivity index is 1.77. The van der Waals surface area contributed by atoms with Gasteiger partial charge < -0.3 is 9.97 Å². The highest BCUT2D eigenvalue weighted by molar-refractivity contribution is 6.36. The molecule has 9 heteroatoms. The number of aromatic amines is 2. The van der Waals surface area contributed by atoms with Crippen LogP contribution in [0.3, 0.4) is 0 Å². The third kappa shape index (κ3) is 2.10. The van der Waals surface area contributed by atoms with Crippen LogP contribution in [0.2, 0.25) is 0 Å². The van der Waals surface area contributed by atoms with Gasteiger partial charge in [-0.2, -0.15) is 0 Å². The molecule has 1 aromatic heterocycles. The Morgan fingerprint density at radius 2 is 1.61 bits per heavy atom. The molecule has 2 heterocycles. The number of rotatable bonds is 2. The molecule has 0 radical (unpaired) electrons. The Hall–Kier alpha value is -4.27. The van der Waals surface area contributed by atoms with E-state index in [1.165, 1.54) is 24.3 Å². The highest BCUT2D eigenvalue weighted by Gasteiger charge is 2.35. The van der Waals surface area contributed by atoms with Crippen molar-refractivity contribution >= 4 is 45.0 Å². The fourth-order valence-corrected chi connectivity index (χ4v) is 3.59. The second-order valence-corrected chi connectivity index (χ2v) is 6.41. The van der Waals surface area contributed by atoms with Crippen molar-refractivity contribution in [1.29, 1.82) is 0 Å². The molecule has 0 spiro atoms. The number of imide groups is 1. The zero-order valence-corrected chi connectivity index (χ0v) is 14.1. The number of non-ortho nitro benzene ring substituents is 1. The largest absolute Gasteiger partial charge is 0.323 e. The second-order valence-electron chi connectivity index (χ2n) is 6.41. The van der Waals surface area contributed by atoms with Crippen LogP contribution in [0.25, 0.3) is 21.8 Å². The van der Waals surface area contributed by atoms with E-state index in [1.54, 1.807) is 24.3 Å². The Labute approximate surface area is 155 Å². The van der Waals surface area contributed by atoms with Crippen LogP contribution in [-0.4, -0.2) is 26.7 Å². The van der Waals surface area contributed by atoms with Gasteiger partial charge >= 0.3 is 5.69 Å². The van der Waals surface area contributed by atoms with Gasteiger partial charge in [0.2, 0.25) is 0 Å². The van der Waals surface area contributed by atoms with E-state index in [0.717, 1.165) is 4.90 Å². The third-order valence-electron chi connectivity index (χ3n) is 4.80. The summed E-state index contributed by atoms with van der Waals surface area (Å²) in [5.74, 6) is -1.19. The molecule has 0 bridgehead atoms. The number of imidazole rings is 1. The quantitative estimate of drug-likeness (QED) is 0.317. The molecule has 0 unspecified atom stereocenters. The summed E-state index contributed by atoms with van der Waals surface area (Å²) in [7, 11) is 0. The van der Waals surface area contributed by atoms with Crippen LogP contribution >= 0.6 is 0 Å². The van der Waals surface area contributed by atoms with Crippen LogP contribution in [0.5, 0.6) is 0 Å². The smallest absolute Gasteiger partial charge is 0.306 e. The van der Waals surface area contributed by atoms with E-state index < -0.39 is 22.4 Å². The molecule has 28 heavy (non-hydrogen) atoms. The molecule has 1 aliphatic rings. The number of anilines is 1. The van der Waals surface area contributed by atoms with Gasteiger partial charge in [-0.3, -0.25) is 19.7 Å². The fourth-order valence-electron chi connectivity index (χ4n) is 3.59. The van der Waals surface area contributed by atoms with E-state index in [0.29, 0.717) is 21.8 Å². The number of hydrogen-bond acceptors (Lipinski definition) is 5. The van der Waals surface area contributed by atoms with Crippen LogP contribution in [-0.2, 0) is 0 Å². The molecule has 2 amide bonds. The number of carbonyl (C=O) groups is 2. The van der Waals surface area contributed by atoms with Gasteiger partial charge in [0.15, 0.2) is 0 Å². The molecular formula is C19H10N4O5. The molecule has 0 fully saturated rings. The number of carbonyl (C=O) groups excluding carboxylic acids is 2. The van der Waals surface area contributed by atoms with Crippen LogP contribution < -0.4 is 10.6 Å². The minimum Gasteiger partial charge on any atom is -0.306 e. The lowest BCUT2D eigenvalue weighted by Gasteiger charge is -2.27. The van der Waals surface area contributed by atoms with Gasteiger partial charge in [-0.25, -0.2) is 9.69 Å². The Morgan fingerprint density at radius 1 is 0.857 bits per heavy atom. The van der Waals surface area contributed by atoms with Crippen LogP contribution in [0, 0.1) is 10.1 Å². The summed E-state index contributed by atoms with van der Waals surface area (Å²) in [5, 5.41) is 12.1. The second kappa shape index (κ2) is 5.36. The van der Waals surface area contributed by atoms with E-state index in [1.807, 2.05) is 0 Å². The van der Waals surface area contributed by atoms with Crippen molar-refractivity contribution in [3.05, 3.63) is 80.3 Å². The maximum Gasteiger partial charge on any atom is 0.323 e. The molecular weight excluding hydrogens is 364 g/mol. The minimum absolute atomic E-state index is 0.0852. The number of amides is 2. The van der Waals surface area contributed by atoms with E-state index in [4.69, 9.17) is 0 Å². The number of nitrogens with one attached hydrogen (secondary N) is 2. The Morgan fingerprint density at radius 3 is 2.39 bits per heavy atom. The maximum atomic E-state index is 13.1. The first-order valence-corrected chi connectivity index (χ1v) is 8.26. The van der Waals surface area contributed by atoms with Crippen molar-refractivity contribution in [2.75, 3.05) is 4.90 Å². The van der Waals surface area contributed by atoms with Crippen molar-refractivity contribution < 1.29 is 14.5 Å².